The van der Waals surface area contributed by atoms with Crippen LogP contribution in [0, 0.1) is 12.8 Å². The van der Waals surface area contributed by atoms with Crippen LogP contribution in [0.4, 0.5) is 16.2 Å². The molecule has 2 aliphatic rings. The molecule has 2 fully saturated rings. The van der Waals surface area contributed by atoms with Crippen molar-refractivity contribution in [3.05, 3.63) is 52.4 Å². The lowest BCUT2D eigenvalue weighted by Crippen LogP contribution is -2.45. The number of methoxy groups -OCH3 is 1. The molecule has 3 amide bonds. The highest BCUT2D eigenvalue weighted by molar-refractivity contribution is 6.03. The Morgan fingerprint density at radius 2 is 1.75 bits per heavy atom. The van der Waals surface area contributed by atoms with Gasteiger partial charge >= 0.3 is 11.8 Å². The molecule has 0 unspecified atom stereocenters. The van der Waals surface area contributed by atoms with Gasteiger partial charge in [0.25, 0.3) is 0 Å². The van der Waals surface area contributed by atoms with E-state index in [4.69, 9.17) is 9.47 Å². The summed E-state index contributed by atoms with van der Waals surface area (Å²) in [5.41, 5.74) is 2.13. The van der Waals surface area contributed by atoms with Gasteiger partial charge in [-0.25, -0.2) is 9.59 Å². The number of aromatic amines is 1. The first kappa shape index (κ1) is 31.1. The van der Waals surface area contributed by atoms with E-state index >= 15 is 0 Å². The summed E-state index contributed by atoms with van der Waals surface area (Å²) in [5, 5.41) is 16.2. The van der Waals surface area contributed by atoms with Crippen LogP contribution in [-0.4, -0.2) is 68.9 Å². The Kier molecular flexibility index (Phi) is 8.73. The molecule has 5 rings (SSSR count). The molecule has 12 nitrogen and oxygen atoms in total. The number of aryl methyl sites for hydroxylation is 1. The van der Waals surface area contributed by atoms with Crippen LogP contribution in [0.25, 0.3) is 11.0 Å². The van der Waals surface area contributed by atoms with E-state index in [0.717, 1.165) is 5.56 Å². The average Bonchev–Trinajstić information content (AvgIpc) is 3.53. The lowest BCUT2D eigenvalue weighted by atomic mass is 9.85. The number of ether oxygens (including phenoxy) is 2. The molecule has 12 heteroatoms. The molecule has 1 saturated carbocycles. The number of nitrogens with one attached hydrogen (secondary N) is 3. The SMILES string of the molecule is COc1cc(NC(=O)C2CCC(n3c(=O)[nH]c4cccc(NC(=O)[C@@H]5C[C@@H](O)CN5C(=O)OC(C)(C)C)c43)CC2)ccc1C. The summed E-state index contributed by atoms with van der Waals surface area (Å²) in [6.07, 6.45) is 0.934. The molecule has 2 aromatic carbocycles. The first-order valence-electron chi connectivity index (χ1n) is 15.0. The van der Waals surface area contributed by atoms with E-state index in [1.807, 2.05) is 19.1 Å². The lowest BCUT2D eigenvalue weighted by Gasteiger charge is -2.29. The van der Waals surface area contributed by atoms with Gasteiger partial charge in [0.1, 0.15) is 17.4 Å². The zero-order valence-electron chi connectivity index (χ0n) is 25.8. The molecule has 0 spiro atoms. The molecular weight excluding hydrogens is 566 g/mol. The van der Waals surface area contributed by atoms with E-state index in [1.54, 1.807) is 56.7 Å². The Labute approximate surface area is 255 Å². The van der Waals surface area contributed by atoms with Gasteiger partial charge in [0.05, 0.1) is 36.5 Å². The van der Waals surface area contributed by atoms with Crippen molar-refractivity contribution >= 4 is 40.3 Å². The number of anilines is 2. The van der Waals surface area contributed by atoms with E-state index in [9.17, 15) is 24.3 Å². The van der Waals surface area contributed by atoms with Crippen LogP contribution < -0.4 is 21.1 Å². The van der Waals surface area contributed by atoms with E-state index in [-0.39, 0.29) is 36.5 Å². The zero-order valence-corrected chi connectivity index (χ0v) is 25.8. The summed E-state index contributed by atoms with van der Waals surface area (Å²) >= 11 is 0. The zero-order chi connectivity index (χ0) is 31.8. The molecule has 2 atom stereocenters. The molecule has 1 aliphatic heterocycles. The summed E-state index contributed by atoms with van der Waals surface area (Å²) in [6, 6.07) is 9.65. The maximum atomic E-state index is 13.5. The second-order valence-corrected chi connectivity index (χ2v) is 12.7. The molecule has 44 heavy (non-hydrogen) atoms. The maximum Gasteiger partial charge on any atom is 0.411 e. The van der Waals surface area contributed by atoms with Crippen LogP contribution in [0.5, 0.6) is 5.75 Å². The average molecular weight is 608 g/mol. The number of rotatable bonds is 6. The molecule has 1 saturated heterocycles. The summed E-state index contributed by atoms with van der Waals surface area (Å²) in [6.45, 7) is 7.13. The van der Waals surface area contributed by atoms with Gasteiger partial charge in [-0.3, -0.25) is 19.1 Å². The fourth-order valence-corrected chi connectivity index (χ4v) is 6.17. The maximum absolute atomic E-state index is 13.5. The van der Waals surface area contributed by atoms with Crippen molar-refractivity contribution in [2.75, 3.05) is 24.3 Å². The van der Waals surface area contributed by atoms with Crippen molar-refractivity contribution in [3.8, 4) is 5.75 Å². The highest BCUT2D eigenvalue weighted by Crippen LogP contribution is 2.36. The van der Waals surface area contributed by atoms with Crippen molar-refractivity contribution in [1.82, 2.24) is 14.5 Å². The van der Waals surface area contributed by atoms with Crippen molar-refractivity contribution in [2.45, 2.75) is 83.6 Å². The highest BCUT2D eigenvalue weighted by atomic mass is 16.6. The second kappa shape index (κ2) is 12.4. The number of β-amino-alcohol motifs (C(OH)–C–C–N with tert-alkyl or cyclic N) is 1. The number of para-hydroxylation sites is 1. The number of benzene rings is 2. The third kappa shape index (κ3) is 6.59. The van der Waals surface area contributed by atoms with Crippen LogP contribution in [0.3, 0.4) is 0 Å². The van der Waals surface area contributed by atoms with Gasteiger partial charge in [-0.15, -0.1) is 0 Å². The van der Waals surface area contributed by atoms with E-state index in [1.165, 1.54) is 4.90 Å². The quantitative estimate of drug-likeness (QED) is 0.325. The second-order valence-electron chi connectivity index (χ2n) is 12.7. The smallest absolute Gasteiger partial charge is 0.411 e. The fourth-order valence-electron chi connectivity index (χ4n) is 6.17. The Morgan fingerprint density at radius 1 is 1.02 bits per heavy atom. The number of amides is 3. The number of aliphatic hydroxyl groups excluding tert-OH is 1. The summed E-state index contributed by atoms with van der Waals surface area (Å²) < 4.78 is 12.5. The number of H-pyrrole nitrogens is 1. The number of aliphatic hydroxyl groups is 1. The molecule has 236 valence electrons. The van der Waals surface area contributed by atoms with Gasteiger partial charge in [0.15, 0.2) is 0 Å². The minimum atomic E-state index is -0.934. The number of carbonyl (C=O) groups excluding carboxylic acids is 3. The van der Waals surface area contributed by atoms with Crippen LogP contribution in [0.15, 0.2) is 41.2 Å². The van der Waals surface area contributed by atoms with Gasteiger partial charge < -0.3 is 30.2 Å². The van der Waals surface area contributed by atoms with Gasteiger partial charge in [0, 0.05) is 30.1 Å². The van der Waals surface area contributed by atoms with Crippen molar-refractivity contribution in [1.29, 1.82) is 0 Å². The Morgan fingerprint density at radius 3 is 2.43 bits per heavy atom. The molecule has 1 aliphatic carbocycles. The van der Waals surface area contributed by atoms with Crippen molar-refractivity contribution in [2.24, 2.45) is 5.92 Å². The number of hydrogen-bond donors (Lipinski definition) is 4. The largest absolute Gasteiger partial charge is 0.496 e. The van der Waals surface area contributed by atoms with Crippen LogP contribution >= 0.6 is 0 Å². The van der Waals surface area contributed by atoms with Crippen LogP contribution in [-0.2, 0) is 14.3 Å². The lowest BCUT2D eigenvalue weighted by molar-refractivity contribution is -0.121. The van der Waals surface area contributed by atoms with E-state index in [2.05, 4.69) is 15.6 Å². The first-order valence-corrected chi connectivity index (χ1v) is 15.0. The van der Waals surface area contributed by atoms with Crippen molar-refractivity contribution in [3.63, 3.8) is 0 Å². The predicted molar refractivity (Wildman–Crippen MR) is 166 cm³/mol. The van der Waals surface area contributed by atoms with E-state index in [0.29, 0.717) is 53.8 Å². The number of carbonyl (C=O) groups is 3. The topological polar surface area (TPSA) is 155 Å². The molecular formula is C32H41N5O7. The minimum Gasteiger partial charge on any atom is -0.496 e. The van der Waals surface area contributed by atoms with Crippen molar-refractivity contribution < 1.29 is 29.0 Å². The number of imidazole rings is 1. The summed E-state index contributed by atoms with van der Waals surface area (Å²) in [4.78, 5) is 56.7. The molecule has 0 radical (unpaired) electrons. The van der Waals surface area contributed by atoms with Gasteiger partial charge in [-0.1, -0.05) is 12.1 Å². The van der Waals surface area contributed by atoms with Crippen LogP contribution in [0.2, 0.25) is 0 Å². The monoisotopic (exact) mass is 607 g/mol. The number of fused-ring (bicyclic) bond motifs is 1. The molecule has 4 N–H and O–H groups in total. The Bertz CT molecular complexity index is 1610. The van der Waals surface area contributed by atoms with E-state index < -0.39 is 29.7 Å². The Hall–Kier alpha value is -4.32. The first-order chi connectivity index (χ1) is 20.8. The number of likely N-dealkylation sites (tertiary alicyclic amines) is 1. The molecule has 1 aromatic heterocycles. The van der Waals surface area contributed by atoms with Gasteiger partial charge in [0.2, 0.25) is 11.8 Å². The van der Waals surface area contributed by atoms with Gasteiger partial charge in [-0.2, -0.15) is 0 Å². The minimum absolute atomic E-state index is 0.0136. The summed E-state index contributed by atoms with van der Waals surface area (Å²) in [7, 11) is 1.59. The molecule has 2 heterocycles. The summed E-state index contributed by atoms with van der Waals surface area (Å²) in [5.74, 6) is -0.0452. The third-order valence-corrected chi connectivity index (χ3v) is 8.31. The molecule has 3 aromatic rings. The normalized spacial score (nSPS) is 22.1. The predicted octanol–water partition coefficient (Wildman–Crippen LogP) is 4.33. The van der Waals surface area contributed by atoms with Crippen LogP contribution in [0.1, 0.15) is 64.5 Å². The standard InChI is InChI=1S/C32H41N5O7/c1-18-9-12-20(15-26(18)43-5)33-28(39)19-10-13-21(14-11-19)37-27-23(7-6-8-24(27)35-30(37)41)34-29(40)25-16-22(38)17-36(25)31(42)44-32(2,3)4/h6-9,12,15,19,21-22,25,38H,10-11,13-14,16-17H2,1-5H3,(H,33,39)(H,34,40)(H,35,41)/t19?,21?,22-,25+/m1/s1. The number of aromatic nitrogens is 2. The number of hydrogen-bond acceptors (Lipinski definition) is 7. The fraction of sp³-hybridized carbons (Fsp3) is 0.500. The highest BCUT2D eigenvalue weighted by Gasteiger charge is 2.41. The number of nitrogens with zero attached hydrogens (tertiary/aromatic N) is 2. The van der Waals surface area contributed by atoms with Gasteiger partial charge in [-0.05, 0) is 77.1 Å². The Balaban J connectivity index is 1.31. The third-order valence-electron chi connectivity index (χ3n) is 8.31. The molecule has 0 bridgehead atoms.